The molecular weight excluding hydrogens is 474 g/mol. The Balaban J connectivity index is 1.60. The van der Waals surface area contributed by atoms with Gasteiger partial charge in [-0.05, 0) is 62.7 Å². The molecule has 0 bridgehead atoms. The van der Waals surface area contributed by atoms with Crippen LogP contribution in [0.4, 0.5) is 11.4 Å². The molecule has 0 aromatic heterocycles. The van der Waals surface area contributed by atoms with Gasteiger partial charge in [0.25, 0.3) is 5.91 Å². The largest absolute Gasteiger partial charge is 0.493 e. The molecule has 3 rings (SSSR count). The van der Waals surface area contributed by atoms with Crippen molar-refractivity contribution in [2.45, 2.75) is 32.9 Å². The van der Waals surface area contributed by atoms with Gasteiger partial charge in [0.15, 0.2) is 18.1 Å². The first-order chi connectivity index (χ1) is 15.2. The summed E-state index contributed by atoms with van der Waals surface area (Å²) in [6.45, 7) is 9.72. The van der Waals surface area contributed by atoms with Gasteiger partial charge in [0.2, 0.25) is 0 Å². The minimum atomic E-state index is -0.305. The molecule has 7 nitrogen and oxygen atoms in total. The monoisotopic (exact) mass is 505 g/mol. The van der Waals surface area contributed by atoms with E-state index in [1.807, 2.05) is 32.9 Å². The minimum absolute atomic E-state index is 0.0762. The highest BCUT2D eigenvalue weighted by Crippen LogP contribution is 2.34. The van der Waals surface area contributed by atoms with E-state index >= 15 is 0 Å². The number of hydrogen-bond donors (Lipinski definition) is 2. The fourth-order valence-electron chi connectivity index (χ4n) is 3.39. The van der Waals surface area contributed by atoms with Crippen LogP contribution in [0.1, 0.15) is 26.3 Å². The summed E-state index contributed by atoms with van der Waals surface area (Å²) in [4.78, 5) is 14.4. The van der Waals surface area contributed by atoms with Gasteiger partial charge in [0, 0.05) is 41.0 Å². The van der Waals surface area contributed by atoms with Crippen LogP contribution in [0, 0.1) is 0 Å². The highest BCUT2D eigenvalue weighted by Gasteiger charge is 2.16. The summed E-state index contributed by atoms with van der Waals surface area (Å²) in [5, 5.41) is 6.33. The van der Waals surface area contributed by atoms with Gasteiger partial charge >= 0.3 is 0 Å². The standard InChI is InChI=1S/C24H32BrN3O4/c1-24(2,3)27-23(29)16-32-22-14-20(25)17(13-21(22)30-4)15-26-18-5-7-19(8-6-18)28-9-11-31-12-10-28/h5-8,13-14,26H,9-12,15-16H2,1-4H3,(H,27,29). The zero-order valence-corrected chi connectivity index (χ0v) is 20.8. The normalized spacial score (nSPS) is 14.1. The maximum atomic E-state index is 12.1. The number of nitrogens with zero attached hydrogens (tertiary/aromatic N) is 1. The van der Waals surface area contributed by atoms with Gasteiger partial charge in [0.1, 0.15) is 0 Å². The van der Waals surface area contributed by atoms with Gasteiger partial charge in [-0.3, -0.25) is 4.79 Å². The summed E-state index contributed by atoms with van der Waals surface area (Å²) >= 11 is 3.61. The lowest BCUT2D eigenvalue weighted by Crippen LogP contribution is -2.43. The summed E-state index contributed by atoms with van der Waals surface area (Å²) in [6.07, 6.45) is 0. The number of carbonyl (C=O) groups is 1. The molecule has 1 heterocycles. The second kappa shape index (κ2) is 10.9. The lowest BCUT2D eigenvalue weighted by Gasteiger charge is -2.29. The van der Waals surface area contributed by atoms with Crippen molar-refractivity contribution in [3.05, 3.63) is 46.4 Å². The van der Waals surface area contributed by atoms with E-state index in [0.29, 0.717) is 18.0 Å². The molecule has 0 atom stereocenters. The number of carbonyl (C=O) groups excluding carboxylic acids is 1. The predicted molar refractivity (Wildman–Crippen MR) is 131 cm³/mol. The molecule has 1 amide bonds. The number of amides is 1. The number of nitrogens with one attached hydrogen (secondary N) is 2. The number of hydrogen-bond acceptors (Lipinski definition) is 6. The second-order valence-corrected chi connectivity index (χ2v) is 9.54. The Labute approximate surface area is 198 Å². The van der Waals surface area contributed by atoms with Crippen molar-refractivity contribution in [3.8, 4) is 11.5 Å². The molecule has 1 saturated heterocycles. The lowest BCUT2D eigenvalue weighted by atomic mass is 10.1. The number of ether oxygens (including phenoxy) is 3. The van der Waals surface area contributed by atoms with Gasteiger partial charge in [-0.15, -0.1) is 0 Å². The molecule has 2 aromatic rings. The average Bonchev–Trinajstić information content (AvgIpc) is 2.77. The Morgan fingerprint density at radius 3 is 2.44 bits per heavy atom. The second-order valence-electron chi connectivity index (χ2n) is 8.68. The van der Waals surface area contributed by atoms with E-state index in [4.69, 9.17) is 14.2 Å². The summed E-state index contributed by atoms with van der Waals surface area (Å²) in [5.41, 5.74) is 2.96. The smallest absolute Gasteiger partial charge is 0.258 e. The Kier molecular flexibility index (Phi) is 8.26. The maximum Gasteiger partial charge on any atom is 0.258 e. The maximum absolute atomic E-state index is 12.1. The van der Waals surface area contributed by atoms with Crippen molar-refractivity contribution in [2.24, 2.45) is 0 Å². The predicted octanol–water partition coefficient (Wildman–Crippen LogP) is 4.20. The molecule has 0 radical (unpaired) electrons. The Hall–Kier alpha value is -2.45. The van der Waals surface area contributed by atoms with Crippen LogP contribution < -0.4 is 25.0 Å². The van der Waals surface area contributed by atoms with E-state index in [2.05, 4.69) is 55.7 Å². The van der Waals surface area contributed by atoms with Crippen LogP contribution in [0.5, 0.6) is 11.5 Å². The van der Waals surface area contributed by atoms with Gasteiger partial charge in [-0.25, -0.2) is 0 Å². The summed E-state index contributed by atoms with van der Waals surface area (Å²) < 4.78 is 17.5. The van der Waals surface area contributed by atoms with Crippen LogP contribution in [0.2, 0.25) is 0 Å². The van der Waals surface area contributed by atoms with Crippen LogP contribution in [-0.2, 0) is 16.1 Å². The van der Waals surface area contributed by atoms with Crippen LogP contribution in [0.3, 0.4) is 0 Å². The van der Waals surface area contributed by atoms with Crippen LogP contribution in [-0.4, -0.2) is 51.5 Å². The molecule has 2 N–H and O–H groups in total. The molecule has 1 aliphatic rings. The van der Waals surface area contributed by atoms with Crippen molar-refractivity contribution >= 4 is 33.2 Å². The van der Waals surface area contributed by atoms with Gasteiger partial charge in [-0.2, -0.15) is 0 Å². The SMILES string of the molecule is COc1cc(CNc2ccc(N3CCOCC3)cc2)c(Br)cc1OCC(=O)NC(C)(C)C. The molecule has 8 heteroatoms. The topological polar surface area (TPSA) is 72.1 Å². The first-order valence-electron chi connectivity index (χ1n) is 10.7. The van der Waals surface area contributed by atoms with E-state index in [9.17, 15) is 4.79 Å². The number of benzene rings is 2. The van der Waals surface area contributed by atoms with Crippen molar-refractivity contribution in [2.75, 3.05) is 50.2 Å². The van der Waals surface area contributed by atoms with E-state index in [1.165, 1.54) is 5.69 Å². The van der Waals surface area contributed by atoms with Crippen LogP contribution in [0.15, 0.2) is 40.9 Å². The summed E-state index contributed by atoms with van der Waals surface area (Å²) in [7, 11) is 1.59. The van der Waals surface area contributed by atoms with Crippen LogP contribution in [0.25, 0.3) is 0 Å². The number of halogens is 1. The number of methoxy groups -OCH3 is 1. The molecule has 174 valence electrons. The lowest BCUT2D eigenvalue weighted by molar-refractivity contribution is -0.124. The van der Waals surface area contributed by atoms with Crippen LogP contribution >= 0.6 is 15.9 Å². The fourth-order valence-corrected chi connectivity index (χ4v) is 3.85. The number of anilines is 2. The number of morpholine rings is 1. The fraction of sp³-hybridized carbons (Fsp3) is 0.458. The van der Waals surface area contributed by atoms with E-state index in [-0.39, 0.29) is 18.1 Å². The third-order valence-electron chi connectivity index (χ3n) is 4.93. The van der Waals surface area contributed by atoms with Crippen molar-refractivity contribution in [1.29, 1.82) is 0 Å². The molecule has 0 spiro atoms. The Morgan fingerprint density at radius 2 is 1.81 bits per heavy atom. The minimum Gasteiger partial charge on any atom is -0.493 e. The summed E-state index contributed by atoms with van der Waals surface area (Å²) in [6, 6.07) is 12.2. The Bertz CT molecular complexity index is 907. The van der Waals surface area contributed by atoms with Crippen molar-refractivity contribution in [1.82, 2.24) is 5.32 Å². The van der Waals surface area contributed by atoms with Crippen molar-refractivity contribution in [3.63, 3.8) is 0 Å². The quantitative estimate of drug-likeness (QED) is 0.560. The van der Waals surface area contributed by atoms with E-state index in [0.717, 1.165) is 42.0 Å². The van der Waals surface area contributed by atoms with Gasteiger partial charge in [-0.1, -0.05) is 15.9 Å². The third kappa shape index (κ3) is 7.03. The first kappa shape index (κ1) is 24.2. The zero-order valence-electron chi connectivity index (χ0n) is 19.2. The Morgan fingerprint density at radius 1 is 1.12 bits per heavy atom. The molecule has 0 aliphatic carbocycles. The third-order valence-corrected chi connectivity index (χ3v) is 5.67. The van der Waals surface area contributed by atoms with Gasteiger partial charge < -0.3 is 29.7 Å². The van der Waals surface area contributed by atoms with Crippen molar-refractivity contribution < 1.29 is 19.0 Å². The first-order valence-corrected chi connectivity index (χ1v) is 11.5. The molecular formula is C24H32BrN3O4. The molecule has 2 aromatic carbocycles. The highest BCUT2D eigenvalue weighted by molar-refractivity contribution is 9.10. The molecule has 1 fully saturated rings. The summed E-state index contributed by atoms with van der Waals surface area (Å²) in [5.74, 6) is 0.917. The highest BCUT2D eigenvalue weighted by atomic mass is 79.9. The molecule has 0 unspecified atom stereocenters. The number of rotatable bonds is 8. The average molecular weight is 506 g/mol. The molecule has 0 saturated carbocycles. The molecule has 32 heavy (non-hydrogen) atoms. The van der Waals surface area contributed by atoms with Gasteiger partial charge in [0.05, 0.1) is 20.3 Å². The van der Waals surface area contributed by atoms with E-state index in [1.54, 1.807) is 7.11 Å². The zero-order chi connectivity index (χ0) is 23.1. The molecule has 1 aliphatic heterocycles. The van der Waals surface area contributed by atoms with E-state index < -0.39 is 0 Å².